The van der Waals surface area contributed by atoms with Gasteiger partial charge in [-0.1, -0.05) is 27.2 Å². The van der Waals surface area contributed by atoms with Crippen LogP contribution in [0.25, 0.3) is 0 Å². The van der Waals surface area contributed by atoms with Crippen molar-refractivity contribution in [1.82, 2.24) is 0 Å². The molecule has 1 aromatic rings. The van der Waals surface area contributed by atoms with Gasteiger partial charge in [-0.05, 0) is 36.7 Å². The van der Waals surface area contributed by atoms with Gasteiger partial charge < -0.3 is 13.9 Å². The molecule has 0 radical (unpaired) electrons. The van der Waals surface area contributed by atoms with Gasteiger partial charge in [0.2, 0.25) is 5.76 Å². The smallest absolute Gasteiger partial charge is 0.433 e. The molecule has 3 atom stereocenters. The average Bonchev–Trinajstić information content (AvgIpc) is 3.02. The monoisotopic (exact) mass is 353 g/mol. The van der Waals surface area contributed by atoms with E-state index in [4.69, 9.17) is 13.9 Å². The largest absolute Gasteiger partial charge is 0.460 e. The van der Waals surface area contributed by atoms with E-state index in [-0.39, 0.29) is 11.9 Å². The molecular weight excluding hydrogens is 330 g/mol. The Labute approximate surface area is 145 Å². The summed E-state index contributed by atoms with van der Waals surface area (Å²) in [6.45, 7) is 5.78. The van der Waals surface area contributed by atoms with Crippen molar-refractivity contribution in [2.75, 3.05) is 6.61 Å². The van der Waals surface area contributed by atoms with E-state index in [9.17, 15) is 19.7 Å². The van der Waals surface area contributed by atoms with Gasteiger partial charge in [-0.15, -0.1) is 0 Å². The number of ether oxygens (including phenoxy) is 2. The molecule has 1 aliphatic rings. The molecule has 1 saturated carbocycles. The molecule has 8 heteroatoms. The summed E-state index contributed by atoms with van der Waals surface area (Å²) < 4.78 is 15.1. The molecule has 8 nitrogen and oxygen atoms in total. The topological polar surface area (TPSA) is 109 Å². The summed E-state index contributed by atoms with van der Waals surface area (Å²) in [5, 5.41) is 10.5. The predicted octanol–water partition coefficient (Wildman–Crippen LogP) is 3.35. The van der Waals surface area contributed by atoms with Crippen molar-refractivity contribution in [2.45, 2.75) is 46.1 Å². The normalized spacial score (nSPS) is 23.3. The Morgan fingerprint density at radius 1 is 1.36 bits per heavy atom. The quantitative estimate of drug-likeness (QED) is 0.438. The molecule has 1 heterocycles. The molecular formula is C17H23NO7. The molecule has 1 fully saturated rings. The molecule has 1 aliphatic carbocycles. The summed E-state index contributed by atoms with van der Waals surface area (Å²) in [5.41, 5.74) is 0. The maximum Gasteiger partial charge on any atom is 0.433 e. The van der Waals surface area contributed by atoms with Gasteiger partial charge in [0.05, 0.1) is 6.07 Å². The van der Waals surface area contributed by atoms with E-state index in [0.29, 0.717) is 17.8 Å². The minimum Gasteiger partial charge on any atom is -0.460 e. The third kappa shape index (κ3) is 5.04. The molecule has 0 amide bonds. The number of nitro groups is 1. The Hall–Kier alpha value is -2.38. The van der Waals surface area contributed by atoms with Gasteiger partial charge in [-0.3, -0.25) is 10.1 Å². The Morgan fingerprint density at radius 2 is 2.08 bits per heavy atom. The number of hydrogen-bond donors (Lipinski definition) is 0. The highest BCUT2D eigenvalue weighted by molar-refractivity contribution is 5.88. The van der Waals surface area contributed by atoms with Crippen molar-refractivity contribution >= 4 is 17.8 Å². The van der Waals surface area contributed by atoms with Crippen molar-refractivity contribution < 1.29 is 28.4 Å². The lowest BCUT2D eigenvalue weighted by Gasteiger charge is -2.36. The Morgan fingerprint density at radius 3 is 2.68 bits per heavy atom. The number of esters is 2. The van der Waals surface area contributed by atoms with Crippen molar-refractivity contribution in [3.05, 3.63) is 28.0 Å². The lowest BCUT2D eigenvalue weighted by atomic mass is 9.75. The molecule has 138 valence electrons. The molecule has 0 N–H and O–H groups in total. The van der Waals surface area contributed by atoms with Crippen LogP contribution in [0.1, 0.15) is 50.6 Å². The number of hydrogen-bond acceptors (Lipinski definition) is 7. The lowest BCUT2D eigenvalue weighted by Crippen LogP contribution is -2.36. The van der Waals surface area contributed by atoms with Crippen molar-refractivity contribution in [3.63, 3.8) is 0 Å². The van der Waals surface area contributed by atoms with Crippen LogP contribution < -0.4 is 0 Å². The van der Waals surface area contributed by atoms with Crippen LogP contribution in [0.5, 0.6) is 0 Å². The van der Waals surface area contributed by atoms with Gasteiger partial charge in [0, 0.05) is 0 Å². The third-order valence-corrected chi connectivity index (χ3v) is 4.54. The first kappa shape index (κ1) is 19.0. The van der Waals surface area contributed by atoms with Gasteiger partial charge in [0.1, 0.15) is 11.0 Å². The lowest BCUT2D eigenvalue weighted by molar-refractivity contribution is -0.402. The first-order chi connectivity index (χ1) is 11.8. The zero-order chi connectivity index (χ0) is 18.6. The second kappa shape index (κ2) is 8.13. The Balaban J connectivity index is 1.86. The molecule has 0 spiro atoms. The van der Waals surface area contributed by atoms with E-state index in [2.05, 4.69) is 20.8 Å². The molecule has 0 aromatic carbocycles. The van der Waals surface area contributed by atoms with Crippen molar-refractivity contribution in [3.8, 4) is 0 Å². The van der Waals surface area contributed by atoms with Gasteiger partial charge in [0.25, 0.3) is 0 Å². The second-order valence-corrected chi connectivity index (χ2v) is 6.83. The number of carbonyl (C=O) groups is 2. The molecule has 0 bridgehead atoms. The van der Waals surface area contributed by atoms with Crippen LogP contribution in [0, 0.1) is 27.9 Å². The van der Waals surface area contributed by atoms with E-state index >= 15 is 0 Å². The fraction of sp³-hybridized carbons (Fsp3) is 0.647. The summed E-state index contributed by atoms with van der Waals surface area (Å²) in [6, 6.07) is 2.18. The zero-order valence-electron chi connectivity index (χ0n) is 14.6. The second-order valence-electron chi connectivity index (χ2n) is 6.83. The van der Waals surface area contributed by atoms with Crippen LogP contribution >= 0.6 is 0 Å². The molecule has 1 aromatic heterocycles. The number of furan rings is 1. The maximum absolute atomic E-state index is 12.0. The van der Waals surface area contributed by atoms with E-state index < -0.39 is 29.4 Å². The minimum atomic E-state index is -0.942. The Bertz CT molecular complexity index is 637. The van der Waals surface area contributed by atoms with E-state index in [1.54, 1.807) is 0 Å². The summed E-state index contributed by atoms with van der Waals surface area (Å²) in [6.07, 6.45) is 2.74. The summed E-state index contributed by atoms with van der Waals surface area (Å²) in [7, 11) is 0. The average molecular weight is 353 g/mol. The summed E-state index contributed by atoms with van der Waals surface area (Å²) >= 11 is 0. The van der Waals surface area contributed by atoms with Gasteiger partial charge in [0.15, 0.2) is 6.61 Å². The number of nitrogens with zero attached hydrogens (tertiary/aromatic N) is 1. The van der Waals surface area contributed by atoms with E-state index in [1.165, 1.54) is 0 Å². The standard InChI is InChI=1S/C17H23NO7/c1-10(2)12-5-4-11(3)8-14(12)25-16(19)9-23-17(20)13-6-7-15(24-13)18(21)22/h6-7,10-12,14H,4-5,8-9H2,1-3H3. The van der Waals surface area contributed by atoms with Crippen molar-refractivity contribution in [1.29, 1.82) is 0 Å². The van der Waals surface area contributed by atoms with Gasteiger partial charge in [-0.25, -0.2) is 9.59 Å². The fourth-order valence-corrected chi connectivity index (χ4v) is 3.18. The molecule has 3 unspecified atom stereocenters. The fourth-order valence-electron chi connectivity index (χ4n) is 3.18. The van der Waals surface area contributed by atoms with Gasteiger partial charge >= 0.3 is 17.8 Å². The molecule has 0 saturated heterocycles. The van der Waals surface area contributed by atoms with Crippen LogP contribution in [-0.2, 0) is 14.3 Å². The summed E-state index contributed by atoms with van der Waals surface area (Å²) in [5.74, 6) is -1.28. The minimum absolute atomic E-state index is 0.181. The first-order valence-corrected chi connectivity index (χ1v) is 8.38. The highest BCUT2D eigenvalue weighted by atomic mass is 16.7. The van der Waals surface area contributed by atoms with Crippen LogP contribution in [-0.4, -0.2) is 29.6 Å². The van der Waals surface area contributed by atoms with Crippen LogP contribution in [0.2, 0.25) is 0 Å². The molecule has 2 rings (SSSR count). The van der Waals surface area contributed by atoms with Crippen LogP contribution in [0.15, 0.2) is 16.5 Å². The van der Waals surface area contributed by atoms with Crippen LogP contribution in [0.3, 0.4) is 0 Å². The number of carbonyl (C=O) groups excluding carboxylic acids is 2. The van der Waals surface area contributed by atoms with Crippen LogP contribution in [0.4, 0.5) is 5.88 Å². The molecule has 25 heavy (non-hydrogen) atoms. The first-order valence-electron chi connectivity index (χ1n) is 8.38. The SMILES string of the molecule is CC1CCC(C(C)C)C(OC(=O)COC(=O)c2ccc([N+](=O)[O-])o2)C1. The Kier molecular flexibility index (Phi) is 6.17. The maximum atomic E-state index is 12.0. The molecule has 0 aliphatic heterocycles. The third-order valence-electron chi connectivity index (χ3n) is 4.54. The number of rotatable bonds is 6. The highest BCUT2D eigenvalue weighted by Gasteiger charge is 2.33. The summed E-state index contributed by atoms with van der Waals surface area (Å²) in [4.78, 5) is 33.5. The van der Waals surface area contributed by atoms with Crippen molar-refractivity contribution in [2.24, 2.45) is 17.8 Å². The van der Waals surface area contributed by atoms with E-state index in [0.717, 1.165) is 31.4 Å². The predicted molar refractivity (Wildman–Crippen MR) is 86.9 cm³/mol. The van der Waals surface area contributed by atoms with E-state index in [1.807, 2.05) is 0 Å². The van der Waals surface area contributed by atoms with Gasteiger partial charge in [-0.2, -0.15) is 0 Å². The zero-order valence-corrected chi connectivity index (χ0v) is 14.6. The highest BCUT2D eigenvalue weighted by Crippen LogP contribution is 2.35.